The molecular formula is C21H25N7O6. The summed E-state index contributed by atoms with van der Waals surface area (Å²) in [5, 5.41) is 41.0. The third-order valence-corrected chi connectivity index (χ3v) is 4.92. The molecule has 0 aliphatic rings. The van der Waals surface area contributed by atoms with Crippen LogP contribution in [0.2, 0.25) is 0 Å². The maximum Gasteiger partial charge on any atom is 0.335 e. The summed E-state index contributed by atoms with van der Waals surface area (Å²) in [6.07, 6.45) is 0. The first-order chi connectivity index (χ1) is 15.6. The summed E-state index contributed by atoms with van der Waals surface area (Å²) in [4.78, 5) is 33.3. The van der Waals surface area contributed by atoms with Gasteiger partial charge in [-0.3, -0.25) is 9.48 Å². The average Bonchev–Trinajstić information content (AvgIpc) is 3.19. The number of aromatic carboxylic acids is 2. The summed E-state index contributed by atoms with van der Waals surface area (Å²) in [7, 11) is 3.07. The number of nitriles is 1. The number of carbonyl (C=O) groups is 2. The van der Waals surface area contributed by atoms with Crippen LogP contribution in [0.25, 0.3) is 5.69 Å². The molecule has 2 aromatic heterocycles. The lowest BCUT2D eigenvalue weighted by molar-refractivity contribution is 0.0696. The van der Waals surface area contributed by atoms with Crippen LogP contribution in [-0.4, -0.2) is 46.4 Å². The van der Waals surface area contributed by atoms with Gasteiger partial charge >= 0.3 is 11.9 Å². The highest BCUT2D eigenvalue weighted by Crippen LogP contribution is 2.30. The highest BCUT2D eigenvalue weighted by Gasteiger charge is 2.27. The van der Waals surface area contributed by atoms with Crippen molar-refractivity contribution in [3.8, 4) is 17.6 Å². The van der Waals surface area contributed by atoms with Crippen LogP contribution in [0.5, 0.6) is 5.88 Å². The van der Waals surface area contributed by atoms with Crippen LogP contribution in [0.15, 0.2) is 23.0 Å². The van der Waals surface area contributed by atoms with Crippen molar-refractivity contribution in [3.63, 3.8) is 0 Å². The zero-order chi connectivity index (χ0) is 26.1. The maximum atomic E-state index is 11.2. The Bertz CT molecular complexity index is 1320. The number of nitrogens with zero attached hydrogens (tertiary/aromatic N) is 5. The lowest BCUT2D eigenvalue weighted by atomic mass is 9.90. The van der Waals surface area contributed by atoms with Gasteiger partial charge < -0.3 is 26.8 Å². The maximum absolute atomic E-state index is 11.2. The molecule has 0 spiro atoms. The molecule has 0 aliphatic carbocycles. The molecule has 7 N–H and O–H groups in total. The molecule has 0 amide bonds. The van der Waals surface area contributed by atoms with Crippen molar-refractivity contribution < 1.29 is 24.9 Å². The van der Waals surface area contributed by atoms with Gasteiger partial charge in [-0.25, -0.2) is 19.0 Å². The van der Waals surface area contributed by atoms with Gasteiger partial charge in [0, 0.05) is 19.5 Å². The van der Waals surface area contributed by atoms with Gasteiger partial charge in [-0.05, 0) is 18.2 Å². The number of rotatable bonds is 3. The molecule has 0 aliphatic heterocycles. The van der Waals surface area contributed by atoms with Crippen molar-refractivity contribution in [2.45, 2.75) is 26.2 Å². The van der Waals surface area contributed by atoms with E-state index in [1.165, 1.54) is 33.2 Å². The van der Waals surface area contributed by atoms with Crippen LogP contribution >= 0.6 is 0 Å². The van der Waals surface area contributed by atoms with Crippen LogP contribution in [-0.2, 0) is 19.5 Å². The molecule has 0 bridgehead atoms. The van der Waals surface area contributed by atoms with E-state index in [-0.39, 0.29) is 45.3 Å². The molecule has 0 saturated heterocycles. The van der Waals surface area contributed by atoms with E-state index in [0.717, 1.165) is 6.07 Å². The number of nitrogens with two attached hydrogens (primary N) is 2. The molecule has 13 heteroatoms. The Morgan fingerprint density at radius 2 is 1.53 bits per heavy atom. The van der Waals surface area contributed by atoms with E-state index in [0.29, 0.717) is 5.69 Å². The second-order valence-electron chi connectivity index (χ2n) is 8.35. The van der Waals surface area contributed by atoms with E-state index in [2.05, 4.69) is 5.10 Å². The zero-order valence-corrected chi connectivity index (χ0v) is 19.2. The molecule has 180 valence electrons. The zero-order valence-electron chi connectivity index (χ0n) is 19.2. The topological polar surface area (TPSA) is 215 Å². The first-order valence-corrected chi connectivity index (χ1v) is 9.73. The molecular weight excluding hydrogens is 446 g/mol. The Balaban J connectivity index is 0.000000340. The quantitative estimate of drug-likeness (QED) is 0.365. The monoisotopic (exact) mass is 471 g/mol. The number of anilines is 2. The lowest BCUT2D eigenvalue weighted by Gasteiger charge is -2.15. The Kier molecular flexibility index (Phi) is 6.78. The fourth-order valence-electron chi connectivity index (χ4n) is 2.97. The summed E-state index contributed by atoms with van der Waals surface area (Å²) in [5.41, 5.74) is 10.6. The van der Waals surface area contributed by atoms with Crippen molar-refractivity contribution in [1.82, 2.24) is 19.1 Å². The predicted molar refractivity (Wildman–Crippen MR) is 122 cm³/mol. The van der Waals surface area contributed by atoms with E-state index in [9.17, 15) is 19.6 Å². The summed E-state index contributed by atoms with van der Waals surface area (Å²) >= 11 is 0. The van der Waals surface area contributed by atoms with Crippen molar-refractivity contribution in [2.24, 2.45) is 14.1 Å². The van der Waals surface area contributed by atoms with Crippen LogP contribution in [0.4, 0.5) is 11.5 Å². The normalized spacial score (nSPS) is 10.8. The van der Waals surface area contributed by atoms with E-state index < -0.39 is 17.4 Å². The Morgan fingerprint density at radius 3 is 1.79 bits per heavy atom. The second-order valence-corrected chi connectivity index (χ2v) is 8.35. The second kappa shape index (κ2) is 9.02. The van der Waals surface area contributed by atoms with Crippen molar-refractivity contribution >= 4 is 23.4 Å². The number of hydrogen-bond donors (Lipinski definition) is 5. The standard InChI is InChI=1S/C16H16N4O4.C5H9N3O2/c1-16(2,3)12-11(7-17)13(18)20(19-12)10-5-8(14(21)22)4-9(6-10)15(23)24;1-7-4(9)3(6)5(10)8(7)2/h4-6H,18H2,1-3H3,(H,21,22)(H,23,24);9H,6H2,1-2H3. The molecule has 0 fully saturated rings. The summed E-state index contributed by atoms with van der Waals surface area (Å²) in [6.45, 7) is 5.57. The van der Waals surface area contributed by atoms with Crippen LogP contribution < -0.4 is 17.0 Å². The molecule has 1 aromatic carbocycles. The molecule has 0 unspecified atom stereocenters. The largest absolute Gasteiger partial charge is 0.492 e. The van der Waals surface area contributed by atoms with Gasteiger partial charge in [-0.2, -0.15) is 10.4 Å². The van der Waals surface area contributed by atoms with Crippen LogP contribution in [0.1, 0.15) is 52.7 Å². The summed E-state index contributed by atoms with van der Waals surface area (Å²) in [6, 6.07) is 5.55. The molecule has 3 aromatic rings. The smallest absolute Gasteiger partial charge is 0.335 e. The van der Waals surface area contributed by atoms with Crippen molar-refractivity contribution in [3.05, 3.63) is 50.9 Å². The number of nitrogen functional groups attached to an aromatic ring is 2. The van der Waals surface area contributed by atoms with Crippen LogP contribution in [0.3, 0.4) is 0 Å². The molecule has 0 radical (unpaired) electrons. The number of benzene rings is 1. The minimum absolute atomic E-state index is 0.0290. The van der Waals surface area contributed by atoms with E-state index in [1.54, 1.807) is 7.05 Å². The predicted octanol–water partition coefficient (Wildman–Crippen LogP) is 1.03. The van der Waals surface area contributed by atoms with Gasteiger partial charge in [-0.15, -0.1) is 0 Å². The van der Waals surface area contributed by atoms with E-state index in [4.69, 9.17) is 26.8 Å². The highest BCUT2D eigenvalue weighted by molar-refractivity contribution is 5.94. The van der Waals surface area contributed by atoms with Crippen molar-refractivity contribution in [2.75, 3.05) is 11.5 Å². The number of aromatic nitrogens is 4. The van der Waals surface area contributed by atoms with Crippen molar-refractivity contribution in [1.29, 1.82) is 5.26 Å². The fraction of sp³-hybridized carbons (Fsp3) is 0.286. The van der Waals surface area contributed by atoms with Gasteiger partial charge in [0.25, 0.3) is 5.56 Å². The number of hydrogen-bond acceptors (Lipinski definition) is 8. The lowest BCUT2D eigenvalue weighted by Crippen LogP contribution is -2.18. The first-order valence-electron chi connectivity index (χ1n) is 9.73. The third-order valence-electron chi connectivity index (χ3n) is 4.92. The number of carboxylic acid groups (broad SMARTS) is 2. The summed E-state index contributed by atoms with van der Waals surface area (Å²) in [5.74, 6) is -2.71. The molecule has 0 saturated carbocycles. The van der Waals surface area contributed by atoms with Gasteiger partial charge in [0.05, 0.1) is 22.5 Å². The average molecular weight is 471 g/mol. The van der Waals surface area contributed by atoms with Gasteiger partial charge in [0.1, 0.15) is 17.5 Å². The number of aromatic hydroxyl groups is 1. The summed E-state index contributed by atoms with van der Waals surface area (Å²) < 4.78 is 3.69. The minimum atomic E-state index is -1.28. The molecule has 2 heterocycles. The van der Waals surface area contributed by atoms with Crippen LogP contribution in [0, 0.1) is 11.3 Å². The van der Waals surface area contributed by atoms with Gasteiger partial charge in [0.15, 0.2) is 5.69 Å². The SMILES string of the molecule is CC(C)(C)c1nn(-c2cc(C(=O)O)cc(C(=O)O)c2)c(N)c1C#N.Cn1c(O)c(N)c(=O)n1C. The van der Waals surface area contributed by atoms with E-state index >= 15 is 0 Å². The molecule has 0 atom stereocenters. The Hall–Kier alpha value is -4.73. The highest BCUT2D eigenvalue weighted by atomic mass is 16.4. The minimum Gasteiger partial charge on any atom is -0.492 e. The molecule has 3 rings (SSSR count). The first kappa shape index (κ1) is 25.5. The molecule has 34 heavy (non-hydrogen) atoms. The third kappa shape index (κ3) is 4.70. The van der Waals surface area contributed by atoms with E-state index in [1.807, 2.05) is 26.8 Å². The fourth-order valence-corrected chi connectivity index (χ4v) is 2.97. The molecule has 13 nitrogen and oxygen atoms in total. The van der Waals surface area contributed by atoms with Gasteiger partial charge in [0.2, 0.25) is 5.88 Å². The van der Waals surface area contributed by atoms with Gasteiger partial charge in [-0.1, -0.05) is 20.8 Å². The Morgan fingerprint density at radius 1 is 1.03 bits per heavy atom. The number of carboxylic acids is 2. The Labute approximate surface area is 193 Å².